The van der Waals surface area contributed by atoms with Gasteiger partial charge >= 0.3 is 0 Å². The summed E-state index contributed by atoms with van der Waals surface area (Å²) in [7, 11) is 3.94. The molecule has 1 aromatic heterocycles. The Morgan fingerprint density at radius 2 is 2.18 bits per heavy atom. The minimum atomic E-state index is -0.433. The van der Waals surface area contributed by atoms with E-state index in [9.17, 15) is 4.39 Å². The van der Waals surface area contributed by atoms with E-state index in [0.29, 0.717) is 12.5 Å². The van der Waals surface area contributed by atoms with Crippen molar-refractivity contribution in [1.82, 2.24) is 14.9 Å². The van der Waals surface area contributed by atoms with Gasteiger partial charge in [-0.05, 0) is 27.9 Å². The van der Waals surface area contributed by atoms with Crippen molar-refractivity contribution in [2.45, 2.75) is 19.9 Å². The molecule has 5 nitrogen and oxygen atoms in total. The maximum Gasteiger partial charge on any atom is 0.224 e. The number of nitrogens with one attached hydrogen (secondary N) is 2. The average molecular weight is 241 g/mol. The van der Waals surface area contributed by atoms with Crippen LogP contribution >= 0.6 is 0 Å². The molecule has 0 aliphatic rings. The highest BCUT2D eigenvalue weighted by atomic mass is 19.1. The molecule has 1 atom stereocenters. The Hall–Kier alpha value is -1.43. The van der Waals surface area contributed by atoms with Crippen molar-refractivity contribution in [2.24, 2.45) is 0 Å². The molecule has 1 heterocycles. The highest BCUT2D eigenvalue weighted by Gasteiger charge is 2.10. The molecule has 0 fully saturated rings. The molecule has 0 aliphatic heterocycles. The quantitative estimate of drug-likeness (QED) is 0.788. The fraction of sp³-hybridized carbons (Fsp3) is 0.636. The molecule has 0 bridgehead atoms. The number of anilines is 2. The maximum atomic E-state index is 13.5. The number of likely N-dealkylation sites (N-methyl/N-ethyl adjacent to an activating group) is 1. The first kappa shape index (κ1) is 13.6. The Balaban J connectivity index is 2.71. The normalized spacial score (nSPS) is 12.6. The Labute approximate surface area is 101 Å². The molecular formula is C11H20FN5. The summed E-state index contributed by atoms with van der Waals surface area (Å²) in [6.07, 6.45) is 1.18. The zero-order valence-corrected chi connectivity index (χ0v) is 10.8. The highest BCUT2D eigenvalue weighted by molar-refractivity contribution is 5.41. The predicted octanol–water partition coefficient (Wildman–Crippen LogP) is 1.41. The fourth-order valence-electron chi connectivity index (χ4n) is 1.54. The van der Waals surface area contributed by atoms with Gasteiger partial charge < -0.3 is 15.5 Å². The first-order valence-electron chi connectivity index (χ1n) is 5.70. The number of halogens is 1. The summed E-state index contributed by atoms with van der Waals surface area (Å²) in [6, 6.07) is 0.115. The van der Waals surface area contributed by atoms with Crippen LogP contribution < -0.4 is 10.6 Å². The van der Waals surface area contributed by atoms with E-state index >= 15 is 0 Å². The smallest absolute Gasteiger partial charge is 0.224 e. The van der Waals surface area contributed by atoms with E-state index in [0.717, 1.165) is 6.54 Å². The topological polar surface area (TPSA) is 53.1 Å². The van der Waals surface area contributed by atoms with Gasteiger partial charge in [-0.25, -0.2) is 9.37 Å². The third-order valence-corrected chi connectivity index (χ3v) is 2.10. The number of nitrogens with zero attached hydrogens (tertiary/aromatic N) is 3. The lowest BCUT2D eigenvalue weighted by atomic mass is 10.3. The number of rotatable bonds is 6. The van der Waals surface area contributed by atoms with Crippen molar-refractivity contribution in [3.63, 3.8) is 0 Å². The minimum Gasteiger partial charge on any atom is -0.364 e. The summed E-state index contributed by atoms with van der Waals surface area (Å²) in [4.78, 5) is 9.96. The molecule has 0 amide bonds. The molecule has 96 valence electrons. The molecular weight excluding hydrogens is 221 g/mol. The molecule has 0 aromatic carbocycles. The lowest BCUT2D eigenvalue weighted by Crippen LogP contribution is -2.30. The summed E-state index contributed by atoms with van der Waals surface area (Å²) in [5.74, 6) is 0.246. The highest BCUT2D eigenvalue weighted by Crippen LogP contribution is 2.12. The maximum absolute atomic E-state index is 13.5. The monoisotopic (exact) mass is 241 g/mol. The van der Waals surface area contributed by atoms with Crippen LogP contribution in [0.25, 0.3) is 0 Å². The van der Waals surface area contributed by atoms with E-state index in [2.05, 4.69) is 20.6 Å². The Morgan fingerprint density at radius 1 is 1.47 bits per heavy atom. The van der Waals surface area contributed by atoms with Crippen LogP contribution in [0.2, 0.25) is 0 Å². The van der Waals surface area contributed by atoms with Crippen LogP contribution in [0.4, 0.5) is 16.2 Å². The van der Waals surface area contributed by atoms with Crippen LogP contribution in [0, 0.1) is 5.82 Å². The molecule has 1 rings (SSSR count). The van der Waals surface area contributed by atoms with Crippen molar-refractivity contribution in [1.29, 1.82) is 0 Å². The first-order valence-corrected chi connectivity index (χ1v) is 5.70. The number of hydrogen-bond donors (Lipinski definition) is 2. The molecule has 0 saturated heterocycles. The summed E-state index contributed by atoms with van der Waals surface area (Å²) in [6.45, 7) is 5.43. The van der Waals surface area contributed by atoms with Gasteiger partial charge in [0.2, 0.25) is 5.95 Å². The molecule has 17 heavy (non-hydrogen) atoms. The summed E-state index contributed by atoms with van der Waals surface area (Å²) >= 11 is 0. The van der Waals surface area contributed by atoms with E-state index in [1.54, 1.807) is 0 Å². The third kappa shape index (κ3) is 4.52. The Kier molecular flexibility index (Phi) is 5.09. The molecule has 6 heteroatoms. The summed E-state index contributed by atoms with van der Waals surface area (Å²) in [5, 5.41) is 5.98. The van der Waals surface area contributed by atoms with Gasteiger partial charge in [-0.1, -0.05) is 0 Å². The molecule has 0 spiro atoms. The third-order valence-electron chi connectivity index (χ3n) is 2.10. The lowest BCUT2D eigenvalue weighted by Gasteiger charge is -2.19. The van der Waals surface area contributed by atoms with Crippen molar-refractivity contribution >= 4 is 11.8 Å². The van der Waals surface area contributed by atoms with Gasteiger partial charge in [0.15, 0.2) is 11.6 Å². The molecule has 1 aromatic rings. The molecule has 0 saturated carbocycles. The van der Waals surface area contributed by atoms with Gasteiger partial charge in [0.05, 0.1) is 6.20 Å². The van der Waals surface area contributed by atoms with E-state index in [1.165, 1.54) is 6.20 Å². The summed E-state index contributed by atoms with van der Waals surface area (Å²) < 4.78 is 13.5. The zero-order valence-electron chi connectivity index (χ0n) is 10.8. The Morgan fingerprint density at radius 3 is 2.76 bits per heavy atom. The van der Waals surface area contributed by atoms with E-state index < -0.39 is 5.82 Å². The van der Waals surface area contributed by atoms with Crippen LogP contribution in [0.5, 0.6) is 0 Å². The van der Waals surface area contributed by atoms with Crippen LogP contribution in [-0.2, 0) is 0 Å². The largest absolute Gasteiger partial charge is 0.364 e. The van der Waals surface area contributed by atoms with Crippen molar-refractivity contribution < 1.29 is 4.39 Å². The van der Waals surface area contributed by atoms with Gasteiger partial charge in [0, 0.05) is 19.1 Å². The van der Waals surface area contributed by atoms with E-state index in [-0.39, 0.29) is 11.9 Å². The predicted molar refractivity (Wildman–Crippen MR) is 67.8 cm³/mol. The summed E-state index contributed by atoms with van der Waals surface area (Å²) in [5.41, 5.74) is 0. The van der Waals surface area contributed by atoms with Gasteiger partial charge in [0.1, 0.15) is 0 Å². The van der Waals surface area contributed by atoms with E-state index in [4.69, 9.17) is 0 Å². The second-order valence-electron chi connectivity index (χ2n) is 4.23. The number of hydrogen-bond acceptors (Lipinski definition) is 5. The zero-order chi connectivity index (χ0) is 12.8. The van der Waals surface area contributed by atoms with Crippen LogP contribution in [0.1, 0.15) is 13.8 Å². The standard InChI is InChI=1S/C11H20FN5/c1-5-13-11-14-6-9(12)10(16-11)15-8(2)7-17(3)4/h6,8H,5,7H2,1-4H3,(H2,13,14,15,16). The molecule has 0 radical (unpaired) electrons. The molecule has 2 N–H and O–H groups in total. The second kappa shape index (κ2) is 6.34. The SMILES string of the molecule is CCNc1ncc(F)c(NC(C)CN(C)C)n1. The van der Waals surface area contributed by atoms with Gasteiger partial charge in [-0.15, -0.1) is 0 Å². The van der Waals surface area contributed by atoms with Gasteiger partial charge in [0.25, 0.3) is 0 Å². The molecule has 1 unspecified atom stereocenters. The van der Waals surface area contributed by atoms with E-state index in [1.807, 2.05) is 32.8 Å². The van der Waals surface area contributed by atoms with Gasteiger partial charge in [-0.3, -0.25) is 0 Å². The minimum absolute atomic E-state index is 0.115. The van der Waals surface area contributed by atoms with Crippen LogP contribution in [0.15, 0.2) is 6.20 Å². The van der Waals surface area contributed by atoms with Crippen molar-refractivity contribution in [3.05, 3.63) is 12.0 Å². The van der Waals surface area contributed by atoms with Crippen LogP contribution in [0.3, 0.4) is 0 Å². The average Bonchev–Trinajstić information content (AvgIpc) is 2.22. The second-order valence-corrected chi connectivity index (χ2v) is 4.23. The van der Waals surface area contributed by atoms with Crippen molar-refractivity contribution in [2.75, 3.05) is 37.8 Å². The molecule has 0 aliphatic carbocycles. The van der Waals surface area contributed by atoms with Crippen LogP contribution in [-0.4, -0.2) is 48.1 Å². The lowest BCUT2D eigenvalue weighted by molar-refractivity contribution is 0.391. The first-order chi connectivity index (χ1) is 8.02. The van der Waals surface area contributed by atoms with Crippen molar-refractivity contribution in [3.8, 4) is 0 Å². The van der Waals surface area contributed by atoms with Gasteiger partial charge in [-0.2, -0.15) is 4.98 Å². The number of aromatic nitrogens is 2. The fourth-order valence-corrected chi connectivity index (χ4v) is 1.54. The Bertz CT molecular complexity index is 356.